The first kappa shape index (κ1) is 10.7. The molecule has 0 aliphatic heterocycles. The van der Waals surface area contributed by atoms with Crippen molar-refractivity contribution in [1.29, 1.82) is 0 Å². The van der Waals surface area contributed by atoms with Gasteiger partial charge in [-0.25, -0.2) is 0 Å². The Balaban J connectivity index is 1.82. The molecule has 0 amide bonds. The van der Waals surface area contributed by atoms with E-state index in [9.17, 15) is 0 Å². The number of aryl methyl sites for hydroxylation is 1. The van der Waals surface area contributed by atoms with Gasteiger partial charge in [0, 0.05) is 6.42 Å². The summed E-state index contributed by atoms with van der Waals surface area (Å²) in [6.45, 7) is 2.69. The largest absolute Gasteiger partial charge is 0.493 e. The lowest BCUT2D eigenvalue weighted by molar-refractivity contribution is 0.352. The van der Waals surface area contributed by atoms with E-state index in [1.54, 1.807) is 0 Å². The smallest absolute Gasteiger partial charge is 0.119 e. The summed E-state index contributed by atoms with van der Waals surface area (Å²) in [5, 5.41) is 0. The minimum absolute atomic E-state index is 0.604. The Morgan fingerprint density at radius 1 is 0.938 bits per heavy atom. The van der Waals surface area contributed by atoms with E-state index in [-0.39, 0.29) is 0 Å². The van der Waals surface area contributed by atoms with Gasteiger partial charge in [-0.05, 0) is 24.6 Å². The van der Waals surface area contributed by atoms with E-state index in [0.29, 0.717) is 6.61 Å². The number of para-hydroxylation sites is 1. The lowest BCUT2D eigenvalue weighted by Crippen LogP contribution is -1.98. The molecule has 1 radical (unpaired) electrons. The molecular weight excluding hydrogens is 196 g/mol. The van der Waals surface area contributed by atoms with Gasteiger partial charge < -0.3 is 4.74 Å². The monoisotopic (exact) mass is 211 g/mol. The molecule has 0 heterocycles. The Morgan fingerprint density at radius 2 is 1.62 bits per heavy atom. The first-order chi connectivity index (χ1) is 7.84. The molecule has 0 atom stereocenters. The first-order valence-corrected chi connectivity index (χ1v) is 5.42. The Labute approximate surface area is 96.7 Å². The summed E-state index contributed by atoms with van der Waals surface area (Å²) in [4.78, 5) is 0. The van der Waals surface area contributed by atoms with Crippen molar-refractivity contribution < 1.29 is 4.74 Å². The van der Waals surface area contributed by atoms with Crippen LogP contribution >= 0.6 is 0 Å². The maximum absolute atomic E-state index is 5.58. The molecule has 1 heteroatoms. The predicted octanol–water partition coefficient (Wildman–Crippen LogP) is 3.63. The van der Waals surface area contributed by atoms with Gasteiger partial charge >= 0.3 is 0 Å². The van der Waals surface area contributed by atoms with Gasteiger partial charge in [0.1, 0.15) is 5.75 Å². The minimum Gasteiger partial charge on any atom is -0.493 e. The quantitative estimate of drug-likeness (QED) is 0.750. The van der Waals surface area contributed by atoms with Crippen LogP contribution in [0.15, 0.2) is 54.6 Å². The van der Waals surface area contributed by atoms with Crippen molar-refractivity contribution in [2.45, 2.75) is 6.92 Å². The SMILES string of the molecule is Cc1ccc([CH]COc2ccccc2)cc1. The molecule has 16 heavy (non-hydrogen) atoms. The van der Waals surface area contributed by atoms with Crippen molar-refractivity contribution in [3.8, 4) is 5.75 Å². The van der Waals surface area contributed by atoms with Gasteiger partial charge in [0.05, 0.1) is 6.61 Å². The molecule has 0 saturated carbocycles. The number of hydrogen-bond donors (Lipinski definition) is 0. The molecule has 0 aliphatic rings. The lowest BCUT2D eigenvalue weighted by atomic mass is 10.1. The Bertz CT molecular complexity index is 417. The van der Waals surface area contributed by atoms with Gasteiger partial charge in [0.15, 0.2) is 0 Å². The molecule has 0 bridgehead atoms. The summed E-state index contributed by atoms with van der Waals surface area (Å²) in [7, 11) is 0. The molecule has 0 fully saturated rings. The van der Waals surface area contributed by atoms with Crippen LogP contribution in [-0.4, -0.2) is 6.61 Å². The number of rotatable bonds is 4. The van der Waals surface area contributed by atoms with E-state index in [2.05, 4.69) is 37.6 Å². The number of hydrogen-bond acceptors (Lipinski definition) is 1. The van der Waals surface area contributed by atoms with Crippen molar-refractivity contribution in [2.75, 3.05) is 6.61 Å². The Hall–Kier alpha value is -1.76. The van der Waals surface area contributed by atoms with Crippen molar-refractivity contribution in [3.63, 3.8) is 0 Å². The van der Waals surface area contributed by atoms with Gasteiger partial charge in [-0.15, -0.1) is 0 Å². The molecular formula is C15H15O. The van der Waals surface area contributed by atoms with Crippen molar-refractivity contribution in [3.05, 3.63) is 72.1 Å². The van der Waals surface area contributed by atoms with E-state index in [1.807, 2.05) is 30.3 Å². The highest BCUT2D eigenvalue weighted by molar-refractivity contribution is 5.27. The standard InChI is InChI=1S/C15H15O/c1-13-7-9-14(10-8-13)11-12-16-15-5-3-2-4-6-15/h2-11H,12H2,1H3. The van der Waals surface area contributed by atoms with E-state index in [4.69, 9.17) is 4.74 Å². The van der Waals surface area contributed by atoms with E-state index in [0.717, 1.165) is 5.75 Å². The molecule has 0 unspecified atom stereocenters. The zero-order valence-electron chi connectivity index (χ0n) is 9.39. The van der Waals surface area contributed by atoms with Crippen LogP contribution in [0.1, 0.15) is 11.1 Å². The molecule has 2 aromatic rings. The van der Waals surface area contributed by atoms with E-state index in [1.165, 1.54) is 11.1 Å². The van der Waals surface area contributed by atoms with Crippen LogP contribution in [0.4, 0.5) is 0 Å². The lowest BCUT2D eigenvalue weighted by Gasteiger charge is -2.05. The summed E-state index contributed by atoms with van der Waals surface area (Å²) in [5.41, 5.74) is 2.47. The molecule has 1 nitrogen and oxygen atoms in total. The average Bonchev–Trinajstić information content (AvgIpc) is 2.33. The van der Waals surface area contributed by atoms with E-state index >= 15 is 0 Å². The summed E-state index contributed by atoms with van der Waals surface area (Å²) < 4.78 is 5.58. The summed E-state index contributed by atoms with van der Waals surface area (Å²) in [6.07, 6.45) is 2.08. The van der Waals surface area contributed by atoms with Gasteiger partial charge in [-0.1, -0.05) is 48.0 Å². The maximum atomic E-state index is 5.58. The molecule has 81 valence electrons. The van der Waals surface area contributed by atoms with Crippen LogP contribution in [0.5, 0.6) is 5.75 Å². The molecule has 0 N–H and O–H groups in total. The van der Waals surface area contributed by atoms with Crippen LogP contribution in [0.25, 0.3) is 0 Å². The van der Waals surface area contributed by atoms with Crippen LogP contribution in [0, 0.1) is 13.3 Å². The predicted molar refractivity (Wildman–Crippen MR) is 66.5 cm³/mol. The third-order valence-corrected chi connectivity index (χ3v) is 2.39. The molecule has 0 aromatic heterocycles. The topological polar surface area (TPSA) is 9.23 Å². The number of ether oxygens (including phenoxy) is 1. The average molecular weight is 211 g/mol. The van der Waals surface area contributed by atoms with Gasteiger partial charge in [0.25, 0.3) is 0 Å². The molecule has 2 rings (SSSR count). The van der Waals surface area contributed by atoms with E-state index < -0.39 is 0 Å². The van der Waals surface area contributed by atoms with Crippen LogP contribution in [0.3, 0.4) is 0 Å². The van der Waals surface area contributed by atoms with Crippen LogP contribution < -0.4 is 4.74 Å². The second-order valence-corrected chi connectivity index (χ2v) is 3.74. The fourth-order valence-electron chi connectivity index (χ4n) is 1.45. The fraction of sp³-hybridized carbons (Fsp3) is 0.133. The van der Waals surface area contributed by atoms with Gasteiger partial charge in [-0.2, -0.15) is 0 Å². The summed E-state index contributed by atoms with van der Waals surface area (Å²) >= 11 is 0. The maximum Gasteiger partial charge on any atom is 0.119 e. The second-order valence-electron chi connectivity index (χ2n) is 3.74. The molecule has 0 saturated heterocycles. The second kappa shape index (κ2) is 5.36. The highest BCUT2D eigenvalue weighted by atomic mass is 16.5. The van der Waals surface area contributed by atoms with Crippen molar-refractivity contribution in [2.24, 2.45) is 0 Å². The first-order valence-electron chi connectivity index (χ1n) is 5.42. The highest BCUT2D eigenvalue weighted by Crippen LogP contribution is 2.10. The van der Waals surface area contributed by atoms with Gasteiger partial charge in [-0.3, -0.25) is 0 Å². The van der Waals surface area contributed by atoms with Crippen LogP contribution in [0.2, 0.25) is 0 Å². The van der Waals surface area contributed by atoms with Crippen molar-refractivity contribution >= 4 is 0 Å². The van der Waals surface area contributed by atoms with Crippen LogP contribution in [-0.2, 0) is 0 Å². The Kier molecular flexibility index (Phi) is 3.60. The summed E-state index contributed by atoms with van der Waals surface area (Å²) in [5.74, 6) is 0.908. The van der Waals surface area contributed by atoms with Gasteiger partial charge in [0.2, 0.25) is 0 Å². The highest BCUT2D eigenvalue weighted by Gasteiger charge is 1.95. The normalized spacial score (nSPS) is 10.1. The third kappa shape index (κ3) is 3.13. The zero-order chi connectivity index (χ0) is 11.2. The molecule has 0 spiro atoms. The number of benzene rings is 2. The summed E-state index contributed by atoms with van der Waals surface area (Å²) in [6, 6.07) is 18.3. The molecule has 2 aromatic carbocycles. The molecule has 0 aliphatic carbocycles. The third-order valence-electron chi connectivity index (χ3n) is 2.39. The fourth-order valence-corrected chi connectivity index (χ4v) is 1.45. The minimum atomic E-state index is 0.604. The van der Waals surface area contributed by atoms with Crippen molar-refractivity contribution in [1.82, 2.24) is 0 Å². The zero-order valence-corrected chi connectivity index (χ0v) is 9.39. The Morgan fingerprint density at radius 3 is 2.31 bits per heavy atom.